The van der Waals surface area contributed by atoms with Crippen molar-refractivity contribution in [3.63, 3.8) is 0 Å². The quantitative estimate of drug-likeness (QED) is 0.895. The highest BCUT2D eigenvalue weighted by molar-refractivity contribution is 6.30. The van der Waals surface area contributed by atoms with Crippen LogP contribution in [-0.4, -0.2) is 37.0 Å². The lowest BCUT2D eigenvalue weighted by Gasteiger charge is -2.15. The van der Waals surface area contributed by atoms with Crippen LogP contribution < -0.4 is 10.5 Å². The van der Waals surface area contributed by atoms with Crippen molar-refractivity contribution in [2.45, 2.75) is 6.92 Å². The van der Waals surface area contributed by atoms with Gasteiger partial charge in [-0.15, -0.1) is 0 Å². The number of carbonyl (C=O) groups excluding carboxylic acids is 1. The number of hydrogen-bond donors (Lipinski definition) is 1. The van der Waals surface area contributed by atoms with Crippen molar-refractivity contribution in [2.24, 2.45) is 17.6 Å². The molecule has 0 bridgehead atoms. The molecule has 0 radical (unpaired) electrons. The van der Waals surface area contributed by atoms with Crippen molar-refractivity contribution in [1.29, 1.82) is 0 Å². The molecule has 1 heterocycles. The molecular formula is C14H19ClN2O2. The van der Waals surface area contributed by atoms with Crippen LogP contribution >= 0.6 is 11.6 Å². The molecule has 1 fully saturated rings. The fourth-order valence-electron chi connectivity index (χ4n) is 2.47. The van der Waals surface area contributed by atoms with E-state index in [1.807, 2.05) is 18.2 Å². The van der Waals surface area contributed by atoms with Crippen LogP contribution in [0.5, 0.6) is 5.75 Å². The van der Waals surface area contributed by atoms with Gasteiger partial charge in [-0.3, -0.25) is 9.69 Å². The maximum Gasteiger partial charge on any atom is 0.222 e. The molecule has 1 amide bonds. The second-order valence-electron chi connectivity index (χ2n) is 5.05. The van der Waals surface area contributed by atoms with E-state index in [1.165, 1.54) is 0 Å². The average Bonchev–Trinajstić information content (AvgIpc) is 2.71. The highest BCUT2D eigenvalue weighted by Crippen LogP contribution is 2.22. The summed E-state index contributed by atoms with van der Waals surface area (Å²) >= 11 is 5.88. The summed E-state index contributed by atoms with van der Waals surface area (Å²) in [6.07, 6.45) is 0. The van der Waals surface area contributed by atoms with Gasteiger partial charge in [-0.2, -0.15) is 0 Å². The fourth-order valence-corrected chi connectivity index (χ4v) is 2.65. The zero-order chi connectivity index (χ0) is 13.8. The van der Waals surface area contributed by atoms with Gasteiger partial charge in [-0.25, -0.2) is 0 Å². The summed E-state index contributed by atoms with van der Waals surface area (Å²) in [6, 6.07) is 7.35. The molecule has 1 aromatic carbocycles. The van der Waals surface area contributed by atoms with Gasteiger partial charge in [-0.05, 0) is 24.1 Å². The monoisotopic (exact) mass is 282 g/mol. The second-order valence-corrected chi connectivity index (χ2v) is 5.49. The number of hydrogen-bond acceptors (Lipinski definition) is 3. The highest BCUT2D eigenvalue weighted by Gasteiger charge is 2.32. The number of likely N-dealkylation sites (tertiary alicyclic amines) is 1. The van der Waals surface area contributed by atoms with Gasteiger partial charge in [0.1, 0.15) is 12.4 Å². The standard InChI is InChI=1S/C14H19ClN2O2/c1-10-8-17(9-13(10)14(16)18)5-6-19-12-4-2-3-11(15)7-12/h2-4,7,10,13H,5-6,8-9H2,1H3,(H2,16,18)/t10-,13-/m1/s1. The third kappa shape index (κ3) is 3.85. The molecule has 1 aliphatic rings. The van der Waals surface area contributed by atoms with Gasteiger partial charge in [0.15, 0.2) is 0 Å². The third-order valence-corrected chi connectivity index (χ3v) is 3.76. The lowest BCUT2D eigenvalue weighted by atomic mass is 9.98. The van der Waals surface area contributed by atoms with Gasteiger partial charge < -0.3 is 10.5 Å². The molecule has 1 aliphatic heterocycles. The van der Waals surface area contributed by atoms with Crippen LogP contribution in [-0.2, 0) is 4.79 Å². The Morgan fingerprint density at radius 1 is 1.53 bits per heavy atom. The van der Waals surface area contributed by atoms with Crippen molar-refractivity contribution < 1.29 is 9.53 Å². The molecule has 1 saturated heterocycles. The number of primary amides is 1. The number of halogens is 1. The molecule has 0 unspecified atom stereocenters. The number of nitrogens with two attached hydrogens (primary N) is 1. The van der Waals surface area contributed by atoms with E-state index in [0.29, 0.717) is 17.5 Å². The summed E-state index contributed by atoms with van der Waals surface area (Å²) in [4.78, 5) is 13.5. The van der Waals surface area contributed by atoms with Gasteiger partial charge in [-0.1, -0.05) is 24.6 Å². The number of benzene rings is 1. The fraction of sp³-hybridized carbons (Fsp3) is 0.500. The van der Waals surface area contributed by atoms with Crippen molar-refractivity contribution in [2.75, 3.05) is 26.2 Å². The molecule has 0 aliphatic carbocycles. The molecule has 2 N–H and O–H groups in total. The van der Waals surface area contributed by atoms with Crippen molar-refractivity contribution in [1.82, 2.24) is 4.90 Å². The lowest BCUT2D eigenvalue weighted by molar-refractivity contribution is -0.122. The topological polar surface area (TPSA) is 55.6 Å². The SMILES string of the molecule is C[C@@H]1CN(CCOc2cccc(Cl)c2)C[C@H]1C(N)=O. The highest BCUT2D eigenvalue weighted by atomic mass is 35.5. The zero-order valence-electron chi connectivity index (χ0n) is 11.0. The molecule has 4 nitrogen and oxygen atoms in total. The predicted molar refractivity (Wildman–Crippen MR) is 75.2 cm³/mol. The molecule has 2 rings (SSSR count). The minimum absolute atomic E-state index is 0.0360. The van der Waals surface area contributed by atoms with Gasteiger partial charge >= 0.3 is 0 Å². The first-order chi connectivity index (χ1) is 9.06. The van der Waals surface area contributed by atoms with Gasteiger partial charge in [0, 0.05) is 24.7 Å². The predicted octanol–water partition coefficient (Wildman–Crippen LogP) is 1.77. The third-order valence-electron chi connectivity index (χ3n) is 3.53. The summed E-state index contributed by atoms with van der Waals surface area (Å²) in [5.41, 5.74) is 5.38. The van der Waals surface area contributed by atoms with E-state index >= 15 is 0 Å². The maximum absolute atomic E-state index is 11.2. The van der Waals surface area contributed by atoms with Crippen LogP contribution in [0.15, 0.2) is 24.3 Å². The first-order valence-corrected chi connectivity index (χ1v) is 6.84. The first kappa shape index (κ1) is 14.2. The average molecular weight is 283 g/mol. The Bertz CT molecular complexity index is 453. The smallest absolute Gasteiger partial charge is 0.222 e. The van der Waals surface area contributed by atoms with Crippen LogP contribution in [0.1, 0.15) is 6.92 Å². The molecule has 0 aromatic heterocycles. The molecule has 2 atom stereocenters. The van der Waals surface area contributed by atoms with Gasteiger partial charge in [0.05, 0.1) is 5.92 Å². The normalized spacial score (nSPS) is 23.5. The van der Waals surface area contributed by atoms with E-state index < -0.39 is 0 Å². The number of ether oxygens (including phenoxy) is 1. The molecule has 104 valence electrons. The molecule has 5 heteroatoms. The van der Waals surface area contributed by atoms with E-state index in [2.05, 4.69) is 11.8 Å². The summed E-state index contributed by atoms with van der Waals surface area (Å²) in [5.74, 6) is 0.854. The summed E-state index contributed by atoms with van der Waals surface area (Å²) < 4.78 is 5.64. The molecule has 19 heavy (non-hydrogen) atoms. The number of amides is 1. The van der Waals surface area contributed by atoms with Crippen molar-refractivity contribution >= 4 is 17.5 Å². The van der Waals surface area contributed by atoms with Crippen LogP contribution in [0.2, 0.25) is 5.02 Å². The Morgan fingerprint density at radius 2 is 2.32 bits per heavy atom. The van der Waals surface area contributed by atoms with E-state index in [9.17, 15) is 4.79 Å². The molecular weight excluding hydrogens is 264 g/mol. The maximum atomic E-state index is 11.2. The van der Waals surface area contributed by atoms with Crippen LogP contribution in [0.4, 0.5) is 0 Å². The van der Waals surface area contributed by atoms with E-state index in [1.54, 1.807) is 6.07 Å². The molecule has 1 aromatic rings. The van der Waals surface area contributed by atoms with Crippen LogP contribution in [0.3, 0.4) is 0 Å². The van der Waals surface area contributed by atoms with Crippen LogP contribution in [0, 0.1) is 11.8 Å². The Balaban J connectivity index is 1.76. The Kier molecular flexibility index (Phi) is 4.66. The minimum atomic E-state index is -0.203. The number of carbonyl (C=O) groups is 1. The minimum Gasteiger partial charge on any atom is -0.492 e. The Morgan fingerprint density at radius 3 is 2.95 bits per heavy atom. The van der Waals surface area contributed by atoms with E-state index in [0.717, 1.165) is 25.4 Å². The van der Waals surface area contributed by atoms with E-state index in [4.69, 9.17) is 22.1 Å². The van der Waals surface area contributed by atoms with Crippen LogP contribution in [0.25, 0.3) is 0 Å². The number of rotatable bonds is 5. The Labute approximate surface area is 118 Å². The first-order valence-electron chi connectivity index (χ1n) is 6.46. The van der Waals surface area contributed by atoms with Gasteiger partial charge in [0.25, 0.3) is 0 Å². The summed E-state index contributed by atoms with van der Waals surface area (Å²) in [5, 5.41) is 0.668. The zero-order valence-corrected chi connectivity index (χ0v) is 11.8. The lowest BCUT2D eigenvalue weighted by Crippen LogP contribution is -2.30. The van der Waals surface area contributed by atoms with Crippen molar-refractivity contribution in [3.05, 3.63) is 29.3 Å². The summed E-state index contributed by atoms with van der Waals surface area (Å²) in [6.45, 7) is 5.06. The second kappa shape index (κ2) is 6.26. The largest absolute Gasteiger partial charge is 0.492 e. The molecule has 0 saturated carbocycles. The molecule has 0 spiro atoms. The van der Waals surface area contributed by atoms with Crippen molar-refractivity contribution in [3.8, 4) is 5.75 Å². The van der Waals surface area contributed by atoms with E-state index in [-0.39, 0.29) is 11.8 Å². The van der Waals surface area contributed by atoms with Gasteiger partial charge in [0.2, 0.25) is 5.91 Å². The Hall–Kier alpha value is -1.26. The number of nitrogens with zero attached hydrogens (tertiary/aromatic N) is 1. The summed E-state index contributed by atoms with van der Waals surface area (Å²) in [7, 11) is 0.